The molecule has 0 radical (unpaired) electrons. The number of methoxy groups -OCH3 is 2. The number of benzene rings is 2. The lowest BCUT2D eigenvalue weighted by Crippen LogP contribution is -2.10. The summed E-state index contributed by atoms with van der Waals surface area (Å²) in [6.07, 6.45) is 0. The van der Waals surface area contributed by atoms with Crippen LogP contribution in [-0.2, 0) is 0 Å². The first-order chi connectivity index (χ1) is 15.0. The van der Waals surface area contributed by atoms with E-state index in [1.807, 2.05) is 37.3 Å². The highest BCUT2D eigenvalue weighted by Crippen LogP contribution is 2.36. The zero-order valence-electron chi connectivity index (χ0n) is 17.2. The number of nitrogens with one attached hydrogen (secondary N) is 1. The van der Waals surface area contributed by atoms with Gasteiger partial charge in [0.1, 0.15) is 4.83 Å². The number of rotatable bonds is 7. The van der Waals surface area contributed by atoms with Crippen LogP contribution in [0.2, 0.25) is 0 Å². The van der Waals surface area contributed by atoms with Gasteiger partial charge >= 0.3 is 0 Å². The minimum Gasteiger partial charge on any atom is -0.493 e. The summed E-state index contributed by atoms with van der Waals surface area (Å²) in [6, 6.07) is 14.8. The Bertz CT molecular complexity index is 1310. The summed E-state index contributed by atoms with van der Waals surface area (Å²) in [5.74, 6) is 1.10. The maximum absolute atomic E-state index is 12.9. The number of thiophene rings is 1. The van der Waals surface area contributed by atoms with Gasteiger partial charge in [0.2, 0.25) is 0 Å². The second-order valence-electron chi connectivity index (χ2n) is 6.73. The Hall–Kier alpha value is -3.10. The molecule has 0 bridgehead atoms. The topological polar surface area (TPSA) is 81.3 Å². The molecule has 0 aliphatic carbocycles. The standard InChI is InChI=1S/C23H20N2O4S2/c1-13-19(14-7-5-4-6-8-14)20-21(27)24-23(25-22(20)31-13)30-12-16(26)15-9-10-17(28-2)18(11-15)29-3/h4-11H,12H2,1-3H3,(H,24,25,27). The van der Waals surface area contributed by atoms with Crippen molar-refractivity contribution in [3.05, 3.63) is 69.3 Å². The molecular formula is C23H20N2O4S2. The Morgan fingerprint density at radius 2 is 1.84 bits per heavy atom. The highest BCUT2D eigenvalue weighted by atomic mass is 32.2. The van der Waals surface area contributed by atoms with Crippen molar-refractivity contribution in [2.45, 2.75) is 12.1 Å². The molecule has 6 nitrogen and oxygen atoms in total. The van der Waals surface area contributed by atoms with Gasteiger partial charge in [-0.05, 0) is 30.7 Å². The Morgan fingerprint density at radius 3 is 2.55 bits per heavy atom. The van der Waals surface area contributed by atoms with Crippen molar-refractivity contribution in [2.75, 3.05) is 20.0 Å². The van der Waals surface area contributed by atoms with E-state index >= 15 is 0 Å². The van der Waals surface area contributed by atoms with Crippen LogP contribution in [0.5, 0.6) is 11.5 Å². The fourth-order valence-corrected chi connectivity index (χ4v) is 5.21. The number of ether oxygens (including phenoxy) is 2. The van der Waals surface area contributed by atoms with Crippen molar-refractivity contribution in [2.24, 2.45) is 0 Å². The molecule has 2 aromatic carbocycles. The first-order valence-electron chi connectivity index (χ1n) is 9.48. The van der Waals surface area contributed by atoms with Crippen LogP contribution in [0.1, 0.15) is 15.2 Å². The summed E-state index contributed by atoms with van der Waals surface area (Å²) >= 11 is 2.69. The van der Waals surface area contributed by atoms with Gasteiger partial charge < -0.3 is 14.5 Å². The Kier molecular flexibility index (Phi) is 6.11. The third-order valence-electron chi connectivity index (χ3n) is 4.82. The molecule has 0 amide bonds. The fraction of sp³-hybridized carbons (Fsp3) is 0.174. The van der Waals surface area contributed by atoms with Gasteiger partial charge in [-0.25, -0.2) is 4.98 Å². The van der Waals surface area contributed by atoms with Crippen LogP contribution in [-0.4, -0.2) is 35.7 Å². The van der Waals surface area contributed by atoms with E-state index in [2.05, 4.69) is 9.97 Å². The molecule has 1 N–H and O–H groups in total. The molecule has 0 spiro atoms. The van der Waals surface area contributed by atoms with E-state index < -0.39 is 0 Å². The van der Waals surface area contributed by atoms with E-state index in [0.717, 1.165) is 16.0 Å². The predicted molar refractivity (Wildman–Crippen MR) is 125 cm³/mol. The van der Waals surface area contributed by atoms with Gasteiger partial charge in [-0.1, -0.05) is 42.1 Å². The minimum absolute atomic E-state index is 0.0963. The number of carbonyl (C=O) groups excluding carboxylic acids is 1. The SMILES string of the molecule is COc1ccc(C(=O)CSc2nc3sc(C)c(-c4ccccc4)c3c(=O)[nH]2)cc1OC. The molecular weight excluding hydrogens is 432 g/mol. The summed E-state index contributed by atoms with van der Waals surface area (Å²) < 4.78 is 10.5. The molecule has 2 heterocycles. The van der Waals surface area contributed by atoms with E-state index in [9.17, 15) is 9.59 Å². The van der Waals surface area contributed by atoms with E-state index in [0.29, 0.717) is 32.4 Å². The number of nitrogens with zero attached hydrogens (tertiary/aromatic N) is 1. The van der Waals surface area contributed by atoms with E-state index in [-0.39, 0.29) is 17.1 Å². The van der Waals surface area contributed by atoms with Crippen LogP contribution < -0.4 is 15.0 Å². The van der Waals surface area contributed by atoms with Crippen LogP contribution in [0.3, 0.4) is 0 Å². The van der Waals surface area contributed by atoms with Gasteiger partial charge in [0, 0.05) is 16.0 Å². The summed E-state index contributed by atoms with van der Waals surface area (Å²) in [7, 11) is 3.07. The van der Waals surface area contributed by atoms with Gasteiger partial charge in [-0.15, -0.1) is 11.3 Å². The molecule has 0 aliphatic heterocycles. The zero-order chi connectivity index (χ0) is 22.0. The average Bonchev–Trinajstić information content (AvgIpc) is 3.13. The first-order valence-corrected chi connectivity index (χ1v) is 11.3. The Morgan fingerprint density at radius 1 is 1.10 bits per heavy atom. The molecule has 4 rings (SSSR count). The van der Waals surface area contributed by atoms with E-state index in [1.54, 1.807) is 25.3 Å². The second kappa shape index (κ2) is 8.95. The van der Waals surface area contributed by atoms with Crippen LogP contribution in [0.15, 0.2) is 58.5 Å². The fourth-order valence-electron chi connectivity index (χ4n) is 3.35. The molecule has 8 heteroatoms. The van der Waals surface area contributed by atoms with Crippen molar-refractivity contribution in [3.8, 4) is 22.6 Å². The van der Waals surface area contributed by atoms with E-state index in [4.69, 9.17) is 9.47 Å². The number of ketones is 1. The molecule has 158 valence electrons. The smallest absolute Gasteiger partial charge is 0.260 e. The van der Waals surface area contributed by atoms with Crippen molar-refractivity contribution >= 4 is 39.1 Å². The molecule has 0 fully saturated rings. The van der Waals surface area contributed by atoms with Crippen molar-refractivity contribution in [1.82, 2.24) is 9.97 Å². The molecule has 0 atom stereocenters. The molecule has 31 heavy (non-hydrogen) atoms. The summed E-state index contributed by atoms with van der Waals surface area (Å²) in [6.45, 7) is 1.99. The zero-order valence-corrected chi connectivity index (χ0v) is 18.9. The number of fused-ring (bicyclic) bond motifs is 1. The van der Waals surface area contributed by atoms with Gasteiger partial charge in [0.25, 0.3) is 5.56 Å². The molecule has 0 saturated heterocycles. The third kappa shape index (κ3) is 4.22. The average molecular weight is 453 g/mol. The van der Waals surface area contributed by atoms with Crippen molar-refractivity contribution in [3.63, 3.8) is 0 Å². The number of Topliss-reactive ketones (excluding diaryl/α,β-unsaturated/α-hetero) is 1. The van der Waals surface area contributed by atoms with Crippen LogP contribution in [0, 0.1) is 6.92 Å². The normalized spacial score (nSPS) is 10.9. The van der Waals surface area contributed by atoms with Gasteiger partial charge in [-0.3, -0.25) is 9.59 Å². The monoisotopic (exact) mass is 452 g/mol. The van der Waals surface area contributed by atoms with Crippen molar-refractivity contribution in [1.29, 1.82) is 0 Å². The van der Waals surface area contributed by atoms with Crippen LogP contribution >= 0.6 is 23.1 Å². The number of aromatic nitrogens is 2. The quantitative estimate of drug-likeness (QED) is 0.243. The largest absolute Gasteiger partial charge is 0.493 e. The highest BCUT2D eigenvalue weighted by Gasteiger charge is 2.17. The second-order valence-corrected chi connectivity index (χ2v) is 8.90. The third-order valence-corrected chi connectivity index (χ3v) is 6.70. The number of aryl methyl sites for hydroxylation is 1. The number of aromatic amines is 1. The number of thioether (sulfide) groups is 1. The molecule has 0 aliphatic rings. The minimum atomic E-state index is -0.200. The highest BCUT2D eigenvalue weighted by molar-refractivity contribution is 7.99. The number of H-pyrrole nitrogens is 1. The van der Waals surface area contributed by atoms with Gasteiger partial charge in [0.15, 0.2) is 22.4 Å². The number of hydrogen-bond donors (Lipinski definition) is 1. The lowest BCUT2D eigenvalue weighted by atomic mass is 10.0. The predicted octanol–water partition coefficient (Wildman–Crippen LogP) is 4.95. The van der Waals surface area contributed by atoms with Crippen molar-refractivity contribution < 1.29 is 14.3 Å². The lowest BCUT2D eigenvalue weighted by molar-refractivity contribution is 0.102. The first kappa shape index (κ1) is 21.1. The van der Waals surface area contributed by atoms with Gasteiger partial charge in [0.05, 0.1) is 25.4 Å². The molecule has 0 unspecified atom stereocenters. The van der Waals surface area contributed by atoms with Crippen LogP contribution in [0.25, 0.3) is 21.3 Å². The van der Waals surface area contributed by atoms with Crippen LogP contribution in [0.4, 0.5) is 0 Å². The maximum atomic E-state index is 12.9. The molecule has 2 aromatic heterocycles. The maximum Gasteiger partial charge on any atom is 0.260 e. The van der Waals surface area contributed by atoms with E-state index in [1.165, 1.54) is 30.2 Å². The summed E-state index contributed by atoms with van der Waals surface area (Å²) in [5.41, 5.74) is 2.20. The molecule has 4 aromatic rings. The number of hydrogen-bond acceptors (Lipinski definition) is 7. The summed E-state index contributed by atoms with van der Waals surface area (Å²) in [4.78, 5) is 34.6. The Labute approximate surface area is 187 Å². The molecule has 0 saturated carbocycles. The van der Waals surface area contributed by atoms with Gasteiger partial charge in [-0.2, -0.15) is 0 Å². The summed E-state index contributed by atoms with van der Waals surface area (Å²) in [5, 5.41) is 1.01. The Balaban J connectivity index is 1.59. The number of carbonyl (C=O) groups is 1. The lowest BCUT2D eigenvalue weighted by Gasteiger charge is -2.09.